The molecular weight excluding hydrogens is 398 g/mol. The largest absolute Gasteiger partial charge is 0.399 e. The number of hydrogen-bond donors (Lipinski definition) is 2. The number of nitrogens with zero attached hydrogens (tertiary/aromatic N) is 1. The molecule has 2 rings (SSSR count). The fourth-order valence-corrected chi connectivity index (χ4v) is 3.94. The van der Waals surface area contributed by atoms with Gasteiger partial charge in [-0.15, -0.1) is 0 Å². The van der Waals surface area contributed by atoms with Crippen LogP contribution in [0.3, 0.4) is 0 Å². The van der Waals surface area contributed by atoms with Crippen LogP contribution in [-0.4, -0.2) is 13.4 Å². The summed E-state index contributed by atoms with van der Waals surface area (Å²) < 4.78 is 28.0. The number of hydrogen-bond acceptors (Lipinski definition) is 4. The number of nitrogens with one attached hydrogen (secondary N) is 1. The van der Waals surface area contributed by atoms with Crippen molar-refractivity contribution in [2.45, 2.75) is 4.90 Å². The number of pyridine rings is 1. The van der Waals surface area contributed by atoms with E-state index in [1.54, 1.807) is 18.2 Å². The van der Waals surface area contributed by atoms with E-state index in [1.165, 1.54) is 18.5 Å². The molecule has 100 valence electrons. The summed E-state index contributed by atoms with van der Waals surface area (Å²) in [6.07, 6.45) is 3.00. The van der Waals surface area contributed by atoms with E-state index < -0.39 is 10.0 Å². The third kappa shape index (κ3) is 3.26. The first-order valence-corrected chi connectivity index (χ1v) is 8.14. The molecule has 0 fully saturated rings. The van der Waals surface area contributed by atoms with Crippen molar-refractivity contribution in [1.29, 1.82) is 0 Å². The number of nitrogen functional groups attached to an aromatic ring is 1. The van der Waals surface area contributed by atoms with Crippen LogP contribution in [0.1, 0.15) is 0 Å². The summed E-state index contributed by atoms with van der Waals surface area (Å²) in [5.41, 5.74) is 6.39. The Morgan fingerprint density at radius 1 is 1.16 bits per heavy atom. The van der Waals surface area contributed by atoms with Crippen molar-refractivity contribution in [3.05, 3.63) is 45.6 Å². The van der Waals surface area contributed by atoms with Crippen LogP contribution in [-0.2, 0) is 10.0 Å². The van der Waals surface area contributed by atoms with Crippen LogP contribution < -0.4 is 10.5 Å². The summed E-state index contributed by atoms with van der Waals surface area (Å²) in [4.78, 5) is 3.95. The summed E-state index contributed by atoms with van der Waals surface area (Å²) in [5.74, 6) is 0. The average molecular weight is 407 g/mol. The minimum atomic E-state index is -3.72. The molecule has 0 amide bonds. The molecule has 0 bridgehead atoms. The molecule has 19 heavy (non-hydrogen) atoms. The van der Waals surface area contributed by atoms with Gasteiger partial charge < -0.3 is 5.73 Å². The molecule has 1 heterocycles. The highest BCUT2D eigenvalue weighted by Gasteiger charge is 2.19. The molecule has 0 unspecified atom stereocenters. The zero-order chi connectivity index (χ0) is 14.0. The van der Waals surface area contributed by atoms with E-state index in [0.29, 0.717) is 20.3 Å². The molecule has 1 aromatic carbocycles. The normalized spacial score (nSPS) is 11.3. The minimum Gasteiger partial charge on any atom is -0.399 e. The molecule has 0 spiro atoms. The number of aromatic nitrogens is 1. The van der Waals surface area contributed by atoms with Crippen LogP contribution >= 0.6 is 31.9 Å². The highest BCUT2D eigenvalue weighted by atomic mass is 79.9. The summed E-state index contributed by atoms with van der Waals surface area (Å²) in [6, 6.07) is 6.15. The minimum absolute atomic E-state index is 0.0798. The number of halogens is 2. The molecule has 0 saturated carbocycles. The van der Waals surface area contributed by atoms with Gasteiger partial charge in [-0.3, -0.25) is 9.71 Å². The van der Waals surface area contributed by atoms with Crippen molar-refractivity contribution < 1.29 is 8.42 Å². The molecular formula is C11H9Br2N3O2S. The van der Waals surface area contributed by atoms with E-state index in [1.807, 2.05) is 0 Å². The van der Waals surface area contributed by atoms with Crippen molar-refractivity contribution in [3.63, 3.8) is 0 Å². The predicted molar refractivity (Wildman–Crippen MR) is 81.3 cm³/mol. The smallest absolute Gasteiger partial charge is 0.263 e. The number of sulfonamides is 1. The Balaban J connectivity index is 2.44. The van der Waals surface area contributed by atoms with Crippen molar-refractivity contribution in [2.24, 2.45) is 0 Å². The summed E-state index contributed by atoms with van der Waals surface area (Å²) in [5, 5.41) is 0. The van der Waals surface area contributed by atoms with Crippen molar-refractivity contribution >= 4 is 53.3 Å². The van der Waals surface area contributed by atoms with Gasteiger partial charge in [-0.2, -0.15) is 0 Å². The molecule has 3 N–H and O–H groups in total. The van der Waals surface area contributed by atoms with Crippen molar-refractivity contribution in [3.8, 4) is 0 Å². The number of benzene rings is 1. The quantitative estimate of drug-likeness (QED) is 0.767. The van der Waals surface area contributed by atoms with E-state index in [9.17, 15) is 8.42 Å². The number of rotatable bonds is 3. The van der Waals surface area contributed by atoms with Crippen molar-refractivity contribution in [2.75, 3.05) is 10.5 Å². The molecule has 0 aliphatic carbocycles. The fraction of sp³-hybridized carbons (Fsp3) is 0. The predicted octanol–water partition coefficient (Wildman–Crippen LogP) is 2.99. The van der Waals surface area contributed by atoms with Gasteiger partial charge in [-0.05, 0) is 56.1 Å². The first-order valence-electron chi connectivity index (χ1n) is 5.07. The lowest BCUT2D eigenvalue weighted by Gasteiger charge is -2.11. The van der Waals surface area contributed by atoms with E-state index in [2.05, 4.69) is 41.6 Å². The molecule has 5 nitrogen and oxygen atoms in total. The molecule has 0 atom stereocenters. The molecule has 0 saturated heterocycles. The average Bonchev–Trinajstić information content (AvgIpc) is 2.35. The Morgan fingerprint density at radius 2 is 1.89 bits per heavy atom. The zero-order valence-electron chi connectivity index (χ0n) is 9.47. The molecule has 1 aromatic heterocycles. The van der Waals surface area contributed by atoms with Crippen molar-refractivity contribution in [1.82, 2.24) is 4.98 Å². The van der Waals surface area contributed by atoms with E-state index in [4.69, 9.17) is 5.73 Å². The topological polar surface area (TPSA) is 85.1 Å². The second kappa shape index (κ2) is 5.48. The Labute approximate surface area is 127 Å². The maximum atomic E-state index is 12.3. The third-order valence-electron chi connectivity index (χ3n) is 2.26. The van der Waals surface area contributed by atoms with Gasteiger partial charge in [0.15, 0.2) is 0 Å². The van der Waals surface area contributed by atoms with Gasteiger partial charge in [0.2, 0.25) is 0 Å². The molecule has 0 aliphatic heterocycles. The summed E-state index contributed by atoms with van der Waals surface area (Å²) >= 11 is 6.43. The summed E-state index contributed by atoms with van der Waals surface area (Å²) in [6.45, 7) is 0. The van der Waals surface area contributed by atoms with E-state index in [-0.39, 0.29) is 4.90 Å². The second-order valence-electron chi connectivity index (χ2n) is 3.65. The van der Waals surface area contributed by atoms with Gasteiger partial charge in [0.25, 0.3) is 10.0 Å². The van der Waals surface area contributed by atoms with Crippen LogP contribution in [0.25, 0.3) is 0 Å². The fourth-order valence-electron chi connectivity index (χ4n) is 1.38. The van der Waals surface area contributed by atoms with Gasteiger partial charge in [0, 0.05) is 22.6 Å². The standard InChI is InChI=1S/C11H9Br2N3O2S/c12-8-2-1-7(14)5-11(8)19(17,18)16-10-3-4-15-6-9(10)13/h1-6H,14H2,(H,15,16). The van der Waals surface area contributed by atoms with E-state index in [0.717, 1.165) is 0 Å². The highest BCUT2D eigenvalue weighted by Crippen LogP contribution is 2.28. The van der Waals surface area contributed by atoms with E-state index >= 15 is 0 Å². The van der Waals surface area contributed by atoms with Gasteiger partial charge in [-0.1, -0.05) is 0 Å². The monoisotopic (exact) mass is 405 g/mol. The maximum absolute atomic E-state index is 12.3. The van der Waals surface area contributed by atoms with Crippen LogP contribution in [0.5, 0.6) is 0 Å². The Hall–Kier alpha value is -1.12. The Kier molecular flexibility index (Phi) is 4.12. The third-order valence-corrected chi connectivity index (χ3v) is 5.25. The Morgan fingerprint density at radius 3 is 2.58 bits per heavy atom. The van der Waals surface area contributed by atoms with Crippen LogP contribution in [0.4, 0.5) is 11.4 Å². The lowest BCUT2D eigenvalue weighted by molar-refractivity contribution is 0.601. The lowest BCUT2D eigenvalue weighted by Crippen LogP contribution is -2.14. The first kappa shape index (κ1) is 14.3. The number of anilines is 2. The first-order chi connectivity index (χ1) is 8.90. The number of nitrogens with two attached hydrogens (primary N) is 1. The molecule has 8 heteroatoms. The van der Waals surface area contributed by atoms with Gasteiger partial charge in [0.05, 0.1) is 10.2 Å². The molecule has 2 aromatic rings. The van der Waals surface area contributed by atoms with Crippen LogP contribution in [0.15, 0.2) is 50.5 Å². The maximum Gasteiger partial charge on any atom is 0.263 e. The van der Waals surface area contributed by atoms with Gasteiger partial charge in [-0.25, -0.2) is 8.42 Å². The SMILES string of the molecule is Nc1ccc(Br)c(S(=O)(=O)Nc2ccncc2Br)c1. The van der Waals surface area contributed by atoms with Crippen LogP contribution in [0, 0.1) is 0 Å². The van der Waals surface area contributed by atoms with Gasteiger partial charge in [0.1, 0.15) is 4.90 Å². The lowest BCUT2D eigenvalue weighted by atomic mass is 10.3. The highest BCUT2D eigenvalue weighted by molar-refractivity contribution is 9.11. The zero-order valence-corrected chi connectivity index (χ0v) is 13.5. The Bertz CT molecular complexity index is 720. The second-order valence-corrected chi connectivity index (χ2v) is 7.01. The summed E-state index contributed by atoms with van der Waals surface area (Å²) in [7, 11) is -3.72. The molecule has 0 radical (unpaired) electrons. The van der Waals surface area contributed by atoms with Gasteiger partial charge >= 0.3 is 0 Å². The van der Waals surface area contributed by atoms with Crippen LogP contribution in [0.2, 0.25) is 0 Å². The molecule has 0 aliphatic rings.